The average Bonchev–Trinajstić information content (AvgIpc) is 2.63. The van der Waals surface area contributed by atoms with Gasteiger partial charge in [0.15, 0.2) is 0 Å². The van der Waals surface area contributed by atoms with Gasteiger partial charge in [0.05, 0.1) is 18.8 Å². The highest BCUT2D eigenvalue weighted by atomic mass is 32.2. The van der Waals surface area contributed by atoms with Gasteiger partial charge >= 0.3 is 0 Å². The fraction of sp³-hybridized carbons (Fsp3) is 0.333. The molecule has 1 N–H and O–H groups in total. The predicted octanol–water partition coefficient (Wildman–Crippen LogP) is 3.61. The Bertz CT molecular complexity index is 685. The molecule has 1 aliphatic rings. The Hall–Kier alpha value is -2.05. The van der Waals surface area contributed by atoms with Crippen molar-refractivity contribution in [2.45, 2.75) is 23.8 Å². The maximum atomic E-state index is 12.3. The van der Waals surface area contributed by atoms with Crippen LogP contribution >= 0.6 is 11.8 Å². The highest BCUT2D eigenvalue weighted by Gasteiger charge is 2.16. The molecule has 0 radical (unpaired) electrons. The summed E-state index contributed by atoms with van der Waals surface area (Å²) in [6.07, 6.45) is 5.43. The van der Waals surface area contributed by atoms with Crippen LogP contribution in [-0.4, -0.2) is 36.5 Å². The largest absolute Gasteiger partial charge is 0.474 e. The summed E-state index contributed by atoms with van der Waals surface area (Å²) in [5.74, 6) is 0.362. The highest BCUT2D eigenvalue weighted by Crippen LogP contribution is 2.20. The van der Waals surface area contributed by atoms with Crippen LogP contribution in [0.1, 0.15) is 23.2 Å². The van der Waals surface area contributed by atoms with Crippen LogP contribution in [0.3, 0.4) is 0 Å². The molecule has 0 unspecified atom stereocenters. The van der Waals surface area contributed by atoms with Gasteiger partial charge in [0.1, 0.15) is 6.10 Å². The molecule has 1 fully saturated rings. The van der Waals surface area contributed by atoms with E-state index in [2.05, 4.69) is 10.3 Å². The Kier molecular flexibility index (Phi) is 5.72. The minimum atomic E-state index is -0.182. The minimum absolute atomic E-state index is 0.139. The van der Waals surface area contributed by atoms with Crippen LogP contribution in [0.2, 0.25) is 0 Å². The lowest BCUT2D eigenvalue weighted by Gasteiger charge is -2.22. The number of pyridine rings is 1. The molecular formula is C18H20N2O3S. The minimum Gasteiger partial charge on any atom is -0.474 e. The topological polar surface area (TPSA) is 60.5 Å². The van der Waals surface area contributed by atoms with Crippen LogP contribution in [-0.2, 0) is 4.74 Å². The van der Waals surface area contributed by atoms with Gasteiger partial charge in [-0.05, 0) is 30.5 Å². The first-order valence-electron chi connectivity index (χ1n) is 7.90. The van der Waals surface area contributed by atoms with E-state index >= 15 is 0 Å². The Balaban J connectivity index is 1.60. The fourth-order valence-electron chi connectivity index (χ4n) is 2.45. The second-order valence-corrected chi connectivity index (χ2v) is 6.38. The van der Waals surface area contributed by atoms with Crippen LogP contribution in [0.5, 0.6) is 5.88 Å². The number of carbonyl (C=O) groups is 1. The van der Waals surface area contributed by atoms with E-state index in [0.29, 0.717) is 11.4 Å². The number of thioether (sulfide) groups is 1. The van der Waals surface area contributed by atoms with E-state index in [0.717, 1.165) is 36.6 Å². The number of benzene rings is 1. The zero-order valence-electron chi connectivity index (χ0n) is 13.5. The van der Waals surface area contributed by atoms with Gasteiger partial charge in [-0.3, -0.25) is 4.79 Å². The van der Waals surface area contributed by atoms with Gasteiger partial charge in [-0.2, -0.15) is 0 Å². The molecule has 5 nitrogen and oxygen atoms in total. The maximum Gasteiger partial charge on any atom is 0.257 e. The summed E-state index contributed by atoms with van der Waals surface area (Å²) in [5, 5.41) is 2.88. The fourth-order valence-corrected chi connectivity index (χ4v) is 2.91. The van der Waals surface area contributed by atoms with Gasteiger partial charge < -0.3 is 14.8 Å². The van der Waals surface area contributed by atoms with Crippen LogP contribution in [0, 0.1) is 0 Å². The number of ether oxygens (including phenoxy) is 2. The number of nitrogens with one attached hydrogen (secondary N) is 1. The van der Waals surface area contributed by atoms with E-state index < -0.39 is 0 Å². The number of amides is 1. The van der Waals surface area contributed by atoms with E-state index in [4.69, 9.17) is 9.47 Å². The number of hydrogen-bond acceptors (Lipinski definition) is 5. The molecule has 126 valence electrons. The van der Waals surface area contributed by atoms with Crippen molar-refractivity contribution in [1.29, 1.82) is 0 Å². The number of nitrogens with zero attached hydrogens (tertiary/aromatic N) is 1. The summed E-state index contributed by atoms with van der Waals surface area (Å²) in [5.41, 5.74) is 1.28. The van der Waals surface area contributed by atoms with Gasteiger partial charge in [-0.25, -0.2) is 4.98 Å². The van der Waals surface area contributed by atoms with Crippen LogP contribution in [0.4, 0.5) is 5.69 Å². The monoisotopic (exact) mass is 344 g/mol. The quantitative estimate of drug-likeness (QED) is 0.840. The number of carbonyl (C=O) groups excluding carboxylic acids is 1. The second kappa shape index (κ2) is 8.17. The maximum absolute atomic E-state index is 12.3. The van der Waals surface area contributed by atoms with Gasteiger partial charge in [-0.15, -0.1) is 11.8 Å². The average molecular weight is 344 g/mol. The van der Waals surface area contributed by atoms with E-state index in [1.807, 2.05) is 30.5 Å². The third kappa shape index (κ3) is 4.49. The standard InChI is InChI=1S/C18H20N2O3S/c1-24-16-4-2-3-14(11-16)20-18(21)13-5-6-17(19-12-13)23-15-7-9-22-10-8-15/h2-6,11-12,15H,7-10H2,1H3,(H,20,21). The molecule has 1 amide bonds. The Morgan fingerprint density at radius 3 is 2.83 bits per heavy atom. The number of rotatable bonds is 5. The molecule has 24 heavy (non-hydrogen) atoms. The first kappa shape index (κ1) is 16.8. The molecule has 1 aliphatic heterocycles. The Morgan fingerprint density at radius 2 is 2.12 bits per heavy atom. The molecule has 0 bridgehead atoms. The van der Waals surface area contributed by atoms with E-state index in [-0.39, 0.29) is 12.0 Å². The molecule has 2 heterocycles. The van der Waals surface area contributed by atoms with Crippen molar-refractivity contribution in [3.8, 4) is 5.88 Å². The van der Waals surface area contributed by atoms with E-state index in [1.54, 1.807) is 30.1 Å². The van der Waals surface area contributed by atoms with Gasteiger partial charge in [0.25, 0.3) is 5.91 Å². The summed E-state index contributed by atoms with van der Waals surface area (Å²) in [4.78, 5) is 17.6. The molecule has 1 saturated heterocycles. The van der Waals surface area contributed by atoms with Crippen molar-refractivity contribution in [3.63, 3.8) is 0 Å². The lowest BCUT2D eigenvalue weighted by molar-refractivity contribution is 0.0237. The SMILES string of the molecule is CSc1cccc(NC(=O)c2ccc(OC3CCOCC3)nc2)c1. The zero-order chi connectivity index (χ0) is 16.8. The van der Waals surface area contributed by atoms with Crippen molar-refractivity contribution in [2.24, 2.45) is 0 Å². The first-order chi connectivity index (χ1) is 11.7. The summed E-state index contributed by atoms with van der Waals surface area (Å²) >= 11 is 1.64. The lowest BCUT2D eigenvalue weighted by Crippen LogP contribution is -2.26. The van der Waals surface area contributed by atoms with Crippen molar-refractivity contribution in [1.82, 2.24) is 4.98 Å². The van der Waals surface area contributed by atoms with Crippen molar-refractivity contribution in [3.05, 3.63) is 48.2 Å². The number of anilines is 1. The first-order valence-corrected chi connectivity index (χ1v) is 9.13. The molecule has 0 atom stereocenters. The number of hydrogen-bond donors (Lipinski definition) is 1. The zero-order valence-corrected chi connectivity index (χ0v) is 14.3. The van der Waals surface area contributed by atoms with E-state index in [9.17, 15) is 4.79 Å². The summed E-state index contributed by atoms with van der Waals surface area (Å²) in [6.45, 7) is 1.44. The summed E-state index contributed by atoms with van der Waals surface area (Å²) in [7, 11) is 0. The predicted molar refractivity (Wildman–Crippen MR) is 94.9 cm³/mol. The molecule has 1 aromatic carbocycles. The van der Waals surface area contributed by atoms with Gasteiger partial charge in [-0.1, -0.05) is 6.07 Å². The second-order valence-electron chi connectivity index (χ2n) is 5.50. The van der Waals surface area contributed by atoms with Gasteiger partial charge in [0.2, 0.25) is 5.88 Å². The van der Waals surface area contributed by atoms with Crippen molar-refractivity contribution < 1.29 is 14.3 Å². The summed E-state index contributed by atoms with van der Waals surface area (Å²) in [6, 6.07) is 11.2. The van der Waals surface area contributed by atoms with Gasteiger partial charge in [0, 0.05) is 35.7 Å². The number of aromatic nitrogens is 1. The third-order valence-corrected chi connectivity index (χ3v) is 4.51. The Morgan fingerprint density at radius 1 is 1.29 bits per heavy atom. The summed E-state index contributed by atoms with van der Waals surface area (Å²) < 4.78 is 11.1. The van der Waals surface area contributed by atoms with E-state index in [1.165, 1.54) is 0 Å². The van der Waals surface area contributed by atoms with Crippen molar-refractivity contribution in [2.75, 3.05) is 24.8 Å². The third-order valence-electron chi connectivity index (χ3n) is 3.78. The molecule has 1 aromatic heterocycles. The lowest BCUT2D eigenvalue weighted by atomic mass is 10.1. The van der Waals surface area contributed by atoms with Crippen LogP contribution in [0.25, 0.3) is 0 Å². The molecule has 0 spiro atoms. The smallest absolute Gasteiger partial charge is 0.257 e. The van der Waals surface area contributed by atoms with Crippen molar-refractivity contribution >= 4 is 23.4 Å². The van der Waals surface area contributed by atoms with Crippen LogP contribution < -0.4 is 10.1 Å². The molecular weight excluding hydrogens is 324 g/mol. The normalized spacial score (nSPS) is 15.0. The molecule has 0 aliphatic carbocycles. The van der Waals surface area contributed by atoms with Crippen LogP contribution in [0.15, 0.2) is 47.5 Å². The molecule has 3 rings (SSSR count). The highest BCUT2D eigenvalue weighted by molar-refractivity contribution is 7.98. The Labute approximate surface area is 145 Å². The molecule has 6 heteroatoms. The molecule has 2 aromatic rings. The molecule has 0 saturated carbocycles.